The minimum Gasteiger partial charge on any atom is -0.393 e. The van der Waals surface area contributed by atoms with Crippen LogP contribution in [-0.2, 0) is 4.79 Å². The van der Waals surface area contributed by atoms with Crippen molar-refractivity contribution in [2.24, 2.45) is 0 Å². The molecule has 1 unspecified atom stereocenters. The number of hydrogen-bond donors (Lipinski definition) is 1. The third-order valence-corrected chi connectivity index (χ3v) is 3.53. The Morgan fingerprint density at radius 3 is 2.42 bits per heavy atom. The van der Waals surface area contributed by atoms with Crippen LogP contribution in [0.25, 0.3) is 0 Å². The lowest BCUT2D eigenvalue weighted by Crippen LogP contribution is -2.48. The molecule has 0 spiro atoms. The standard InChI is InChI=1S/C15H22N2O2/c1-13(18)7-8-15(19)17-11-9-16(10-12-17)14-5-3-2-4-6-14/h2-6,13,18H,7-12H2,1H3. The first-order valence-electron chi connectivity index (χ1n) is 6.92. The number of carbonyl (C=O) groups is 1. The summed E-state index contributed by atoms with van der Waals surface area (Å²) < 4.78 is 0. The maximum absolute atomic E-state index is 11.9. The molecule has 1 aliphatic heterocycles. The first-order valence-corrected chi connectivity index (χ1v) is 6.92. The number of hydrogen-bond acceptors (Lipinski definition) is 3. The van der Waals surface area contributed by atoms with Crippen molar-refractivity contribution in [3.8, 4) is 0 Å². The van der Waals surface area contributed by atoms with Crippen LogP contribution in [0.3, 0.4) is 0 Å². The molecule has 1 aliphatic rings. The van der Waals surface area contributed by atoms with Gasteiger partial charge < -0.3 is 14.9 Å². The fourth-order valence-corrected chi connectivity index (χ4v) is 2.34. The van der Waals surface area contributed by atoms with E-state index >= 15 is 0 Å². The summed E-state index contributed by atoms with van der Waals surface area (Å²) in [5.74, 6) is 0.161. The van der Waals surface area contributed by atoms with Gasteiger partial charge in [0, 0.05) is 38.3 Å². The third-order valence-electron chi connectivity index (χ3n) is 3.53. The predicted molar refractivity (Wildman–Crippen MR) is 76.1 cm³/mol. The van der Waals surface area contributed by atoms with Gasteiger partial charge in [-0.25, -0.2) is 0 Å². The lowest BCUT2D eigenvalue weighted by molar-refractivity contribution is -0.132. The number of nitrogens with zero attached hydrogens (tertiary/aromatic N) is 2. The normalized spacial score (nSPS) is 17.4. The molecule has 1 aromatic carbocycles. The van der Waals surface area contributed by atoms with Crippen molar-refractivity contribution in [2.45, 2.75) is 25.9 Å². The highest BCUT2D eigenvalue weighted by Crippen LogP contribution is 2.16. The summed E-state index contributed by atoms with van der Waals surface area (Å²) in [7, 11) is 0. The van der Waals surface area contributed by atoms with E-state index in [2.05, 4.69) is 17.0 Å². The van der Waals surface area contributed by atoms with Crippen molar-refractivity contribution in [1.82, 2.24) is 4.90 Å². The van der Waals surface area contributed by atoms with Crippen LogP contribution in [0.2, 0.25) is 0 Å². The van der Waals surface area contributed by atoms with Crippen LogP contribution < -0.4 is 4.90 Å². The summed E-state index contributed by atoms with van der Waals surface area (Å²) in [5, 5.41) is 9.21. The molecule has 4 nitrogen and oxygen atoms in total. The maximum Gasteiger partial charge on any atom is 0.222 e. The number of aliphatic hydroxyl groups excluding tert-OH is 1. The fraction of sp³-hybridized carbons (Fsp3) is 0.533. The Hall–Kier alpha value is -1.55. The van der Waals surface area contributed by atoms with E-state index in [1.165, 1.54) is 5.69 Å². The second-order valence-electron chi connectivity index (χ2n) is 5.09. The first-order chi connectivity index (χ1) is 9.16. The maximum atomic E-state index is 11.9. The molecule has 19 heavy (non-hydrogen) atoms. The van der Waals surface area contributed by atoms with Crippen molar-refractivity contribution >= 4 is 11.6 Å². The van der Waals surface area contributed by atoms with E-state index < -0.39 is 6.10 Å². The van der Waals surface area contributed by atoms with E-state index in [1.807, 2.05) is 23.1 Å². The zero-order valence-corrected chi connectivity index (χ0v) is 11.5. The molecular weight excluding hydrogens is 240 g/mol. The second-order valence-corrected chi connectivity index (χ2v) is 5.09. The molecule has 1 fully saturated rings. The molecule has 0 aliphatic carbocycles. The van der Waals surface area contributed by atoms with Crippen molar-refractivity contribution in [1.29, 1.82) is 0 Å². The number of piperazine rings is 1. The Kier molecular flexibility index (Phi) is 4.80. The van der Waals surface area contributed by atoms with E-state index in [4.69, 9.17) is 0 Å². The molecule has 1 N–H and O–H groups in total. The topological polar surface area (TPSA) is 43.8 Å². The van der Waals surface area contributed by atoms with Crippen LogP contribution in [0.1, 0.15) is 19.8 Å². The molecule has 0 aromatic heterocycles. The van der Waals surface area contributed by atoms with Crippen LogP contribution >= 0.6 is 0 Å². The molecule has 2 rings (SSSR count). The number of rotatable bonds is 4. The Bertz CT molecular complexity index is 398. The number of amides is 1. The summed E-state index contributed by atoms with van der Waals surface area (Å²) in [5.41, 5.74) is 1.22. The molecule has 1 atom stereocenters. The number of aliphatic hydroxyl groups is 1. The van der Waals surface area contributed by atoms with Gasteiger partial charge in [0.05, 0.1) is 6.10 Å². The van der Waals surface area contributed by atoms with Crippen LogP contribution in [0.4, 0.5) is 5.69 Å². The van der Waals surface area contributed by atoms with Crippen molar-refractivity contribution < 1.29 is 9.90 Å². The van der Waals surface area contributed by atoms with Crippen LogP contribution in [0.5, 0.6) is 0 Å². The van der Waals surface area contributed by atoms with Crippen LogP contribution in [0.15, 0.2) is 30.3 Å². The van der Waals surface area contributed by atoms with Gasteiger partial charge in [-0.1, -0.05) is 18.2 Å². The van der Waals surface area contributed by atoms with Gasteiger partial charge in [-0.3, -0.25) is 4.79 Å². The Morgan fingerprint density at radius 2 is 1.84 bits per heavy atom. The van der Waals surface area contributed by atoms with Gasteiger partial charge >= 0.3 is 0 Å². The van der Waals surface area contributed by atoms with Crippen molar-refractivity contribution in [3.63, 3.8) is 0 Å². The largest absolute Gasteiger partial charge is 0.393 e. The molecule has 4 heteroatoms. The van der Waals surface area contributed by atoms with Gasteiger partial charge in [-0.15, -0.1) is 0 Å². The van der Waals surface area contributed by atoms with E-state index in [-0.39, 0.29) is 5.91 Å². The number of para-hydroxylation sites is 1. The van der Waals surface area contributed by atoms with Gasteiger partial charge in [-0.2, -0.15) is 0 Å². The molecule has 1 amide bonds. The third kappa shape index (κ3) is 3.96. The smallest absolute Gasteiger partial charge is 0.222 e. The lowest BCUT2D eigenvalue weighted by Gasteiger charge is -2.36. The molecule has 0 bridgehead atoms. The molecule has 0 saturated carbocycles. The highest BCUT2D eigenvalue weighted by molar-refractivity contribution is 5.76. The Balaban J connectivity index is 1.81. The van der Waals surface area contributed by atoms with Gasteiger partial charge in [0.15, 0.2) is 0 Å². The molecule has 1 saturated heterocycles. The quantitative estimate of drug-likeness (QED) is 0.894. The summed E-state index contributed by atoms with van der Waals surface area (Å²) in [6.45, 7) is 5.02. The highest BCUT2D eigenvalue weighted by atomic mass is 16.3. The van der Waals surface area contributed by atoms with Crippen molar-refractivity contribution in [3.05, 3.63) is 30.3 Å². The molecule has 104 valence electrons. The van der Waals surface area contributed by atoms with Crippen LogP contribution in [-0.4, -0.2) is 48.2 Å². The SMILES string of the molecule is CC(O)CCC(=O)N1CCN(c2ccccc2)CC1. The second kappa shape index (κ2) is 6.57. The van der Waals surface area contributed by atoms with Crippen molar-refractivity contribution in [2.75, 3.05) is 31.1 Å². The average Bonchev–Trinajstić information content (AvgIpc) is 2.46. The highest BCUT2D eigenvalue weighted by Gasteiger charge is 2.21. The van der Waals surface area contributed by atoms with Gasteiger partial charge in [0.2, 0.25) is 5.91 Å². The zero-order chi connectivity index (χ0) is 13.7. The summed E-state index contributed by atoms with van der Waals surface area (Å²) in [4.78, 5) is 16.2. The Labute approximate surface area is 114 Å². The Morgan fingerprint density at radius 1 is 1.21 bits per heavy atom. The van der Waals surface area contributed by atoms with Gasteiger partial charge in [0.25, 0.3) is 0 Å². The number of anilines is 1. The molecular formula is C15H22N2O2. The summed E-state index contributed by atoms with van der Waals surface area (Å²) in [6.07, 6.45) is 0.607. The fourth-order valence-electron chi connectivity index (χ4n) is 2.34. The average molecular weight is 262 g/mol. The molecule has 1 aromatic rings. The summed E-state index contributed by atoms with van der Waals surface area (Å²) in [6, 6.07) is 10.3. The van der Waals surface area contributed by atoms with Crippen LogP contribution in [0, 0.1) is 0 Å². The predicted octanol–water partition coefficient (Wildman–Crippen LogP) is 1.50. The van der Waals surface area contributed by atoms with Gasteiger partial charge in [0.1, 0.15) is 0 Å². The monoisotopic (exact) mass is 262 g/mol. The van der Waals surface area contributed by atoms with E-state index in [9.17, 15) is 9.90 Å². The number of carbonyl (C=O) groups excluding carboxylic acids is 1. The van der Waals surface area contributed by atoms with E-state index in [0.29, 0.717) is 12.8 Å². The minimum atomic E-state index is -0.394. The van der Waals surface area contributed by atoms with E-state index in [0.717, 1.165) is 26.2 Å². The minimum absolute atomic E-state index is 0.161. The zero-order valence-electron chi connectivity index (χ0n) is 11.5. The summed E-state index contributed by atoms with van der Waals surface area (Å²) >= 11 is 0. The first kappa shape index (κ1) is 13.9. The van der Waals surface area contributed by atoms with Gasteiger partial charge in [-0.05, 0) is 25.5 Å². The number of benzene rings is 1. The molecule has 0 radical (unpaired) electrons. The molecule has 1 heterocycles. The lowest BCUT2D eigenvalue weighted by atomic mass is 10.2. The van der Waals surface area contributed by atoms with E-state index in [1.54, 1.807) is 6.92 Å².